The van der Waals surface area contributed by atoms with Gasteiger partial charge in [0.1, 0.15) is 11.6 Å². The largest absolute Gasteiger partial charge is 0.444 e. The Kier molecular flexibility index (Phi) is 6.89. The van der Waals surface area contributed by atoms with Crippen molar-refractivity contribution in [2.75, 3.05) is 31.1 Å². The van der Waals surface area contributed by atoms with Crippen molar-refractivity contribution in [1.29, 1.82) is 0 Å². The number of carbonyl (C=O) groups excluding carboxylic acids is 5. The Bertz CT molecular complexity index is 1170. The van der Waals surface area contributed by atoms with Crippen molar-refractivity contribution in [2.24, 2.45) is 0 Å². The van der Waals surface area contributed by atoms with Crippen LogP contribution in [0.25, 0.3) is 0 Å². The number of imide groups is 2. The second-order valence-corrected chi connectivity index (χ2v) is 11.3. The maximum Gasteiger partial charge on any atom is 0.410 e. The molecule has 1 unspecified atom stereocenters. The summed E-state index contributed by atoms with van der Waals surface area (Å²) in [6.45, 7) is 8.16. The van der Waals surface area contributed by atoms with Gasteiger partial charge in [-0.2, -0.15) is 0 Å². The summed E-state index contributed by atoms with van der Waals surface area (Å²) < 4.78 is 11.8. The molecule has 3 saturated heterocycles. The van der Waals surface area contributed by atoms with Gasteiger partial charge in [0, 0.05) is 31.7 Å². The minimum absolute atomic E-state index is 0.0130. The van der Waals surface area contributed by atoms with E-state index >= 15 is 0 Å². The molecule has 0 bridgehead atoms. The summed E-state index contributed by atoms with van der Waals surface area (Å²) in [5, 5.41) is 2.21. The lowest BCUT2D eigenvalue weighted by Crippen LogP contribution is -2.54. The molecule has 38 heavy (non-hydrogen) atoms. The summed E-state index contributed by atoms with van der Waals surface area (Å²) in [6.07, 6.45) is 2.36. The van der Waals surface area contributed by atoms with Crippen LogP contribution in [-0.2, 0) is 19.1 Å². The predicted molar refractivity (Wildman–Crippen MR) is 136 cm³/mol. The second-order valence-electron chi connectivity index (χ2n) is 11.3. The van der Waals surface area contributed by atoms with Gasteiger partial charge >= 0.3 is 6.09 Å². The van der Waals surface area contributed by atoms with Crippen LogP contribution >= 0.6 is 0 Å². The van der Waals surface area contributed by atoms with Crippen molar-refractivity contribution < 1.29 is 33.4 Å². The summed E-state index contributed by atoms with van der Waals surface area (Å²) in [5.41, 5.74) is 0.869. The van der Waals surface area contributed by atoms with Crippen molar-refractivity contribution in [3.05, 3.63) is 29.3 Å². The van der Waals surface area contributed by atoms with E-state index in [2.05, 4.69) is 10.2 Å². The minimum Gasteiger partial charge on any atom is -0.444 e. The molecule has 0 aliphatic carbocycles. The monoisotopic (exact) mass is 526 g/mol. The Morgan fingerprint density at radius 2 is 1.61 bits per heavy atom. The number of piperidine rings is 2. The lowest BCUT2D eigenvalue weighted by Gasteiger charge is -2.35. The fourth-order valence-electron chi connectivity index (χ4n) is 5.51. The van der Waals surface area contributed by atoms with Crippen LogP contribution in [0, 0.1) is 0 Å². The third-order valence-electron chi connectivity index (χ3n) is 7.41. The molecule has 11 nitrogen and oxygen atoms in total. The number of fused-ring (bicyclic) bond motifs is 1. The minimum atomic E-state index is -0.974. The number of nitrogens with zero attached hydrogens (tertiary/aromatic N) is 3. The van der Waals surface area contributed by atoms with Crippen molar-refractivity contribution in [2.45, 2.75) is 76.7 Å². The van der Waals surface area contributed by atoms with Crippen molar-refractivity contribution >= 4 is 35.4 Å². The first-order valence-electron chi connectivity index (χ1n) is 13.2. The maximum atomic E-state index is 13.1. The molecule has 204 valence electrons. The van der Waals surface area contributed by atoms with E-state index < -0.39 is 35.3 Å². The molecule has 1 N–H and O–H groups in total. The van der Waals surface area contributed by atoms with Crippen molar-refractivity contribution in [1.82, 2.24) is 15.1 Å². The standard InChI is InChI=1S/C27H34N4O7/c1-27(2,3)38-26(36)30-13-10-18(15-30)37-17-8-11-29(12-9-17)16-4-5-19-20(14-16)25(35)31(24(19)34)21-6-7-22(32)28-23(21)33/h4-5,14,17-18,21H,6-13,15H2,1-3H3,(H,28,32,33)/t18-,21?/m0/s1. The normalized spacial score (nSPS) is 24.7. The number of anilines is 1. The Hall–Kier alpha value is -3.47. The molecule has 5 rings (SSSR count). The van der Waals surface area contributed by atoms with Crippen LogP contribution < -0.4 is 10.2 Å². The Balaban J connectivity index is 1.16. The molecule has 0 saturated carbocycles. The molecule has 3 fully saturated rings. The number of rotatable bonds is 4. The number of hydrogen-bond donors (Lipinski definition) is 1. The molecule has 11 heteroatoms. The van der Waals surface area contributed by atoms with E-state index in [1.807, 2.05) is 26.8 Å². The number of likely N-dealkylation sites (tertiary alicyclic amines) is 1. The first kappa shape index (κ1) is 26.1. The van der Waals surface area contributed by atoms with Crippen molar-refractivity contribution in [3.8, 4) is 0 Å². The summed E-state index contributed by atoms with van der Waals surface area (Å²) in [7, 11) is 0. The molecule has 1 aromatic carbocycles. The number of hydrogen-bond acceptors (Lipinski definition) is 8. The van der Waals surface area contributed by atoms with Gasteiger partial charge in [-0.1, -0.05) is 0 Å². The Labute approximate surface area is 221 Å². The van der Waals surface area contributed by atoms with E-state index in [1.165, 1.54) is 0 Å². The van der Waals surface area contributed by atoms with Gasteiger partial charge in [0.05, 0.1) is 29.9 Å². The highest BCUT2D eigenvalue weighted by Crippen LogP contribution is 2.32. The number of carbonyl (C=O) groups is 5. The first-order chi connectivity index (χ1) is 18.0. The first-order valence-corrected chi connectivity index (χ1v) is 13.2. The number of amides is 5. The van der Waals surface area contributed by atoms with E-state index in [-0.39, 0.29) is 42.3 Å². The van der Waals surface area contributed by atoms with Crippen LogP contribution in [0.1, 0.15) is 73.6 Å². The average Bonchev–Trinajstić information content (AvgIpc) is 3.42. The summed E-state index contributed by atoms with van der Waals surface area (Å²) in [4.78, 5) is 67.0. The van der Waals surface area contributed by atoms with E-state index in [9.17, 15) is 24.0 Å². The molecule has 5 amide bonds. The zero-order chi connectivity index (χ0) is 27.2. The average molecular weight is 527 g/mol. The van der Waals surface area contributed by atoms with Gasteiger partial charge in [0.2, 0.25) is 11.8 Å². The van der Waals surface area contributed by atoms with Gasteiger partial charge in [-0.25, -0.2) is 4.79 Å². The highest BCUT2D eigenvalue weighted by atomic mass is 16.6. The molecule has 0 radical (unpaired) electrons. The van der Waals surface area contributed by atoms with Gasteiger partial charge in [-0.15, -0.1) is 0 Å². The van der Waals surface area contributed by atoms with Gasteiger partial charge in [-0.05, 0) is 64.7 Å². The summed E-state index contributed by atoms with van der Waals surface area (Å²) >= 11 is 0. The SMILES string of the molecule is CC(C)(C)OC(=O)N1CC[C@H](OC2CCN(c3ccc4c(c3)C(=O)N(C3CCC(=O)NC3=O)C4=O)CC2)C1. The predicted octanol–water partition coefficient (Wildman–Crippen LogP) is 2.08. The maximum absolute atomic E-state index is 13.1. The molecule has 4 aliphatic heterocycles. The molecule has 4 aliphatic rings. The highest BCUT2D eigenvalue weighted by molar-refractivity contribution is 6.23. The van der Waals surface area contributed by atoms with E-state index in [0.29, 0.717) is 13.1 Å². The van der Waals surface area contributed by atoms with Crippen molar-refractivity contribution in [3.63, 3.8) is 0 Å². The van der Waals surface area contributed by atoms with E-state index in [4.69, 9.17) is 9.47 Å². The van der Waals surface area contributed by atoms with Gasteiger partial charge < -0.3 is 19.3 Å². The van der Waals surface area contributed by atoms with Gasteiger partial charge in [0.15, 0.2) is 0 Å². The van der Waals surface area contributed by atoms with Crippen LogP contribution in [0.4, 0.5) is 10.5 Å². The number of benzene rings is 1. The number of ether oxygens (including phenoxy) is 2. The Morgan fingerprint density at radius 1 is 0.921 bits per heavy atom. The quantitative estimate of drug-likeness (QED) is 0.591. The van der Waals surface area contributed by atoms with Crippen LogP contribution in [0.3, 0.4) is 0 Å². The van der Waals surface area contributed by atoms with Gasteiger partial charge in [0.25, 0.3) is 11.8 Å². The third-order valence-corrected chi connectivity index (χ3v) is 7.41. The third kappa shape index (κ3) is 5.24. The highest BCUT2D eigenvalue weighted by Gasteiger charge is 2.45. The molecule has 1 aromatic rings. The molecule has 2 atom stereocenters. The second kappa shape index (κ2) is 10.0. The topological polar surface area (TPSA) is 126 Å². The molecular formula is C27H34N4O7. The fraction of sp³-hybridized carbons (Fsp3) is 0.593. The summed E-state index contributed by atoms with van der Waals surface area (Å²) in [5.74, 6) is -2.02. The number of nitrogens with one attached hydrogen (secondary N) is 1. The van der Waals surface area contributed by atoms with E-state index in [0.717, 1.165) is 42.9 Å². The fourth-order valence-corrected chi connectivity index (χ4v) is 5.51. The Morgan fingerprint density at radius 3 is 2.29 bits per heavy atom. The molecular weight excluding hydrogens is 492 g/mol. The van der Waals surface area contributed by atoms with Crippen LogP contribution in [0.15, 0.2) is 18.2 Å². The zero-order valence-electron chi connectivity index (χ0n) is 22.0. The lowest BCUT2D eigenvalue weighted by molar-refractivity contribution is -0.136. The smallest absolute Gasteiger partial charge is 0.410 e. The van der Waals surface area contributed by atoms with Crippen LogP contribution in [0.5, 0.6) is 0 Å². The molecule has 0 aromatic heterocycles. The molecule has 4 heterocycles. The van der Waals surface area contributed by atoms with E-state index in [1.54, 1.807) is 17.0 Å². The summed E-state index contributed by atoms with van der Waals surface area (Å²) in [6, 6.07) is 4.22. The molecule has 0 spiro atoms. The zero-order valence-corrected chi connectivity index (χ0v) is 22.0. The van der Waals surface area contributed by atoms with Crippen LogP contribution in [-0.4, -0.2) is 89.6 Å². The lowest BCUT2D eigenvalue weighted by atomic mass is 10.0. The van der Waals surface area contributed by atoms with Gasteiger partial charge in [-0.3, -0.25) is 29.4 Å². The van der Waals surface area contributed by atoms with Crippen LogP contribution in [0.2, 0.25) is 0 Å².